The predicted octanol–water partition coefficient (Wildman–Crippen LogP) is 1.60. The number of hydrogen-bond acceptors (Lipinski definition) is 3. The second kappa shape index (κ2) is 5.48. The van der Waals surface area contributed by atoms with Crippen molar-refractivity contribution in [2.45, 2.75) is 52.0 Å². The lowest BCUT2D eigenvalue weighted by Gasteiger charge is -2.27. The molecule has 1 unspecified atom stereocenters. The summed E-state index contributed by atoms with van der Waals surface area (Å²) in [4.78, 5) is 2.52. The minimum Gasteiger partial charge on any atom is -0.394 e. The van der Waals surface area contributed by atoms with Gasteiger partial charge in [-0.3, -0.25) is 0 Å². The number of nitrogens with two attached hydrogens (primary N) is 1. The Balaban J connectivity index is 2.21. The van der Waals surface area contributed by atoms with Crippen molar-refractivity contribution in [3.63, 3.8) is 0 Å². The minimum absolute atomic E-state index is 0.106. The van der Waals surface area contributed by atoms with Gasteiger partial charge in [-0.15, -0.1) is 0 Å². The van der Waals surface area contributed by atoms with Crippen molar-refractivity contribution in [2.75, 3.05) is 26.2 Å². The van der Waals surface area contributed by atoms with Crippen molar-refractivity contribution >= 4 is 0 Å². The summed E-state index contributed by atoms with van der Waals surface area (Å²) in [6.45, 7) is 10.4. The van der Waals surface area contributed by atoms with Crippen LogP contribution in [-0.4, -0.2) is 41.8 Å². The van der Waals surface area contributed by atoms with Crippen molar-refractivity contribution in [1.82, 2.24) is 4.90 Å². The van der Waals surface area contributed by atoms with Gasteiger partial charge in [-0.2, -0.15) is 0 Å². The fourth-order valence-electron chi connectivity index (χ4n) is 2.44. The fraction of sp³-hybridized carbons (Fsp3) is 1.00. The first-order valence-corrected chi connectivity index (χ1v) is 6.53. The van der Waals surface area contributed by atoms with E-state index in [9.17, 15) is 5.11 Å². The highest BCUT2D eigenvalue weighted by Gasteiger charge is 2.29. The number of aliphatic hydroxyl groups excluding tert-OH is 1. The molecular formula is C13H28N2O. The van der Waals surface area contributed by atoms with Crippen LogP contribution in [-0.2, 0) is 0 Å². The van der Waals surface area contributed by atoms with Gasteiger partial charge >= 0.3 is 0 Å². The summed E-state index contributed by atoms with van der Waals surface area (Å²) < 4.78 is 0. The summed E-state index contributed by atoms with van der Waals surface area (Å²) in [6, 6.07) is 0. The lowest BCUT2D eigenvalue weighted by atomic mass is 9.92. The molecule has 1 saturated heterocycles. The van der Waals surface area contributed by atoms with Crippen molar-refractivity contribution in [1.29, 1.82) is 0 Å². The Morgan fingerprint density at radius 3 is 2.56 bits per heavy atom. The van der Waals surface area contributed by atoms with Crippen LogP contribution in [0, 0.1) is 5.41 Å². The third-order valence-electron chi connectivity index (χ3n) is 3.92. The molecule has 1 rings (SSSR count). The molecule has 0 saturated carbocycles. The molecule has 0 aromatic carbocycles. The standard InChI is InChI=1S/C13H28N2O/c1-4-13(14,11-16)6-5-8-15-9-7-12(2,3)10-15/h16H,4-11,14H2,1-3H3. The molecular weight excluding hydrogens is 200 g/mol. The zero-order valence-electron chi connectivity index (χ0n) is 11.1. The highest BCUT2D eigenvalue weighted by molar-refractivity contribution is 4.85. The molecule has 0 aromatic rings. The SMILES string of the molecule is CCC(N)(CO)CCCN1CCC(C)(C)C1. The summed E-state index contributed by atoms with van der Waals surface area (Å²) in [5.41, 5.74) is 6.20. The molecule has 3 heteroatoms. The topological polar surface area (TPSA) is 49.5 Å². The van der Waals surface area contributed by atoms with E-state index in [1.807, 2.05) is 0 Å². The average molecular weight is 228 g/mol. The van der Waals surface area contributed by atoms with Gasteiger partial charge in [0.15, 0.2) is 0 Å². The lowest BCUT2D eigenvalue weighted by Crippen LogP contribution is -2.43. The van der Waals surface area contributed by atoms with Crippen LogP contribution in [0.4, 0.5) is 0 Å². The Morgan fingerprint density at radius 2 is 2.12 bits per heavy atom. The molecule has 0 radical (unpaired) electrons. The third-order valence-corrected chi connectivity index (χ3v) is 3.92. The van der Waals surface area contributed by atoms with E-state index < -0.39 is 0 Å². The molecule has 1 atom stereocenters. The van der Waals surface area contributed by atoms with E-state index in [2.05, 4.69) is 25.7 Å². The van der Waals surface area contributed by atoms with E-state index in [0.29, 0.717) is 5.41 Å². The van der Waals surface area contributed by atoms with Gasteiger partial charge in [-0.25, -0.2) is 0 Å². The van der Waals surface area contributed by atoms with Crippen LogP contribution in [0.1, 0.15) is 46.5 Å². The van der Waals surface area contributed by atoms with Crippen LogP contribution in [0.2, 0.25) is 0 Å². The van der Waals surface area contributed by atoms with Crippen molar-refractivity contribution < 1.29 is 5.11 Å². The first-order valence-electron chi connectivity index (χ1n) is 6.53. The van der Waals surface area contributed by atoms with Gasteiger partial charge in [-0.05, 0) is 44.2 Å². The maximum absolute atomic E-state index is 9.22. The molecule has 16 heavy (non-hydrogen) atoms. The lowest BCUT2D eigenvalue weighted by molar-refractivity contribution is 0.173. The molecule has 3 N–H and O–H groups in total. The average Bonchev–Trinajstić information content (AvgIpc) is 2.58. The molecule has 0 bridgehead atoms. The number of likely N-dealkylation sites (tertiary alicyclic amines) is 1. The van der Waals surface area contributed by atoms with Crippen LogP contribution in [0.5, 0.6) is 0 Å². The predicted molar refractivity (Wildman–Crippen MR) is 68.4 cm³/mol. The fourth-order valence-corrected chi connectivity index (χ4v) is 2.44. The van der Waals surface area contributed by atoms with E-state index in [0.717, 1.165) is 25.8 Å². The van der Waals surface area contributed by atoms with Crippen LogP contribution >= 0.6 is 0 Å². The van der Waals surface area contributed by atoms with E-state index in [4.69, 9.17) is 5.73 Å². The first kappa shape index (κ1) is 13.9. The van der Waals surface area contributed by atoms with Crippen LogP contribution in [0.3, 0.4) is 0 Å². The normalized spacial score (nSPS) is 24.6. The molecule has 3 nitrogen and oxygen atoms in total. The number of hydrogen-bond donors (Lipinski definition) is 2. The highest BCUT2D eigenvalue weighted by atomic mass is 16.3. The van der Waals surface area contributed by atoms with Gasteiger partial charge in [0.25, 0.3) is 0 Å². The van der Waals surface area contributed by atoms with Crippen LogP contribution < -0.4 is 5.73 Å². The monoisotopic (exact) mass is 228 g/mol. The van der Waals surface area contributed by atoms with Gasteiger partial charge in [0.2, 0.25) is 0 Å². The quantitative estimate of drug-likeness (QED) is 0.726. The molecule has 1 aliphatic rings. The second-order valence-corrected chi connectivity index (χ2v) is 6.17. The molecule has 1 aliphatic heterocycles. The molecule has 1 heterocycles. The summed E-state index contributed by atoms with van der Waals surface area (Å²) >= 11 is 0. The molecule has 96 valence electrons. The van der Waals surface area contributed by atoms with E-state index in [1.165, 1.54) is 19.5 Å². The Labute approximate surface area is 100 Å². The van der Waals surface area contributed by atoms with Gasteiger partial charge in [0, 0.05) is 12.1 Å². The molecule has 0 aliphatic carbocycles. The van der Waals surface area contributed by atoms with Crippen LogP contribution in [0.25, 0.3) is 0 Å². The van der Waals surface area contributed by atoms with Gasteiger partial charge < -0.3 is 15.7 Å². The second-order valence-electron chi connectivity index (χ2n) is 6.17. The number of rotatable bonds is 6. The van der Waals surface area contributed by atoms with Crippen molar-refractivity contribution in [3.05, 3.63) is 0 Å². The molecule has 1 fully saturated rings. The van der Waals surface area contributed by atoms with Crippen LogP contribution in [0.15, 0.2) is 0 Å². The third kappa shape index (κ3) is 4.04. The summed E-state index contributed by atoms with van der Waals surface area (Å²) in [7, 11) is 0. The smallest absolute Gasteiger partial charge is 0.0611 e. The van der Waals surface area contributed by atoms with Gasteiger partial charge in [-0.1, -0.05) is 20.8 Å². The Kier molecular flexibility index (Phi) is 4.77. The molecule has 0 spiro atoms. The molecule has 0 amide bonds. The summed E-state index contributed by atoms with van der Waals surface area (Å²) in [5, 5.41) is 9.22. The summed E-state index contributed by atoms with van der Waals surface area (Å²) in [5.74, 6) is 0. The Morgan fingerprint density at radius 1 is 1.44 bits per heavy atom. The van der Waals surface area contributed by atoms with Crippen molar-refractivity contribution in [2.24, 2.45) is 11.1 Å². The van der Waals surface area contributed by atoms with E-state index in [1.54, 1.807) is 0 Å². The van der Waals surface area contributed by atoms with Crippen molar-refractivity contribution in [3.8, 4) is 0 Å². The largest absolute Gasteiger partial charge is 0.394 e. The number of aliphatic hydroxyl groups is 1. The maximum Gasteiger partial charge on any atom is 0.0611 e. The maximum atomic E-state index is 9.22. The first-order chi connectivity index (χ1) is 7.41. The van der Waals surface area contributed by atoms with Gasteiger partial charge in [0.1, 0.15) is 0 Å². The Bertz CT molecular complexity index is 212. The van der Waals surface area contributed by atoms with E-state index >= 15 is 0 Å². The Hall–Kier alpha value is -0.120. The zero-order valence-corrected chi connectivity index (χ0v) is 11.1. The zero-order chi connectivity index (χ0) is 12.2. The highest BCUT2D eigenvalue weighted by Crippen LogP contribution is 2.29. The van der Waals surface area contributed by atoms with E-state index in [-0.39, 0.29) is 12.1 Å². The summed E-state index contributed by atoms with van der Waals surface area (Å²) in [6.07, 6.45) is 4.18. The number of nitrogens with zero attached hydrogens (tertiary/aromatic N) is 1. The molecule has 0 aromatic heterocycles. The minimum atomic E-state index is -0.352. The van der Waals surface area contributed by atoms with Gasteiger partial charge in [0.05, 0.1) is 6.61 Å².